The number of thiazole rings is 1. The largest absolute Gasteiger partial charge is 0.321 e. The molecule has 0 saturated heterocycles. The fraction of sp³-hybridized carbons (Fsp3) is 0. The molecule has 0 radical (unpaired) electrons. The van der Waals surface area contributed by atoms with E-state index in [0.717, 1.165) is 0 Å². The number of benzene rings is 1. The SMILES string of the molecule is O=C1Nc2ccc(S(=O)O)cc2/C1=C\c1nccs1. The second kappa shape index (κ2) is 4.69. The number of hydrogen-bond acceptors (Lipinski definition) is 4. The van der Waals surface area contributed by atoms with Crippen molar-refractivity contribution in [2.24, 2.45) is 0 Å². The third-order valence-electron chi connectivity index (χ3n) is 2.69. The molecule has 0 spiro atoms. The van der Waals surface area contributed by atoms with Crippen LogP contribution in [0.3, 0.4) is 0 Å². The minimum absolute atomic E-state index is 0.230. The lowest BCUT2D eigenvalue weighted by Crippen LogP contribution is -2.03. The first-order valence-electron chi connectivity index (χ1n) is 5.33. The molecule has 3 rings (SSSR count). The van der Waals surface area contributed by atoms with Crippen LogP contribution in [-0.4, -0.2) is 19.7 Å². The van der Waals surface area contributed by atoms with Gasteiger partial charge in [-0.15, -0.1) is 11.3 Å². The van der Waals surface area contributed by atoms with Gasteiger partial charge in [0.2, 0.25) is 0 Å². The van der Waals surface area contributed by atoms with Crippen LogP contribution in [0.1, 0.15) is 10.6 Å². The van der Waals surface area contributed by atoms with Crippen LogP contribution in [0.15, 0.2) is 34.7 Å². The Kier molecular flexibility index (Phi) is 3.02. The predicted molar refractivity (Wildman–Crippen MR) is 74.1 cm³/mol. The minimum atomic E-state index is -2.07. The molecule has 1 amide bonds. The summed E-state index contributed by atoms with van der Waals surface area (Å²) in [5.74, 6) is -0.230. The van der Waals surface area contributed by atoms with Crippen LogP contribution in [0.4, 0.5) is 5.69 Å². The average molecular weight is 292 g/mol. The second-order valence-corrected chi connectivity index (χ2v) is 5.73. The number of carbonyl (C=O) groups is 1. The molecule has 1 aliphatic rings. The summed E-state index contributed by atoms with van der Waals surface area (Å²) in [5, 5.41) is 5.25. The van der Waals surface area contributed by atoms with Gasteiger partial charge in [-0.05, 0) is 24.3 Å². The molecular formula is C12H8N2O3S2. The van der Waals surface area contributed by atoms with Crippen molar-refractivity contribution in [2.75, 3.05) is 5.32 Å². The smallest absolute Gasteiger partial charge is 0.256 e. The van der Waals surface area contributed by atoms with Crippen molar-refractivity contribution >= 4 is 45.7 Å². The van der Waals surface area contributed by atoms with Crippen LogP contribution in [0.25, 0.3) is 11.6 Å². The summed E-state index contributed by atoms with van der Waals surface area (Å²) in [6.07, 6.45) is 3.33. The maximum atomic E-state index is 11.9. The van der Waals surface area contributed by atoms with E-state index in [-0.39, 0.29) is 10.8 Å². The molecule has 0 fully saturated rings. The molecule has 19 heavy (non-hydrogen) atoms. The topological polar surface area (TPSA) is 79.3 Å². The Hall–Kier alpha value is -1.83. The number of nitrogens with one attached hydrogen (secondary N) is 1. The Morgan fingerprint density at radius 1 is 1.42 bits per heavy atom. The highest BCUT2D eigenvalue weighted by Crippen LogP contribution is 2.34. The molecule has 2 aromatic rings. The van der Waals surface area contributed by atoms with Gasteiger partial charge in [0.15, 0.2) is 11.1 Å². The van der Waals surface area contributed by atoms with E-state index < -0.39 is 11.1 Å². The lowest BCUT2D eigenvalue weighted by Gasteiger charge is -2.00. The summed E-state index contributed by atoms with van der Waals surface area (Å²) < 4.78 is 20.2. The summed E-state index contributed by atoms with van der Waals surface area (Å²) in [7, 11) is 0. The number of carbonyl (C=O) groups excluding carboxylic acids is 1. The van der Waals surface area contributed by atoms with Crippen molar-refractivity contribution in [3.63, 3.8) is 0 Å². The number of amides is 1. The van der Waals surface area contributed by atoms with Crippen LogP contribution in [0, 0.1) is 0 Å². The summed E-state index contributed by atoms with van der Waals surface area (Å²) in [6.45, 7) is 0. The van der Waals surface area contributed by atoms with Crippen molar-refractivity contribution in [2.45, 2.75) is 4.90 Å². The van der Waals surface area contributed by atoms with Crippen molar-refractivity contribution in [3.8, 4) is 0 Å². The number of hydrogen-bond donors (Lipinski definition) is 2. The van der Waals surface area contributed by atoms with E-state index in [0.29, 0.717) is 21.8 Å². The first kappa shape index (κ1) is 12.2. The summed E-state index contributed by atoms with van der Waals surface area (Å²) >= 11 is -0.645. The van der Waals surface area contributed by atoms with E-state index in [1.165, 1.54) is 17.4 Å². The molecule has 5 nitrogen and oxygen atoms in total. The van der Waals surface area contributed by atoms with Crippen molar-refractivity contribution in [1.29, 1.82) is 0 Å². The van der Waals surface area contributed by atoms with E-state index in [9.17, 15) is 9.00 Å². The van der Waals surface area contributed by atoms with Crippen molar-refractivity contribution in [1.82, 2.24) is 4.98 Å². The molecule has 2 N–H and O–H groups in total. The van der Waals surface area contributed by atoms with E-state index in [1.807, 2.05) is 5.38 Å². The number of anilines is 1. The van der Waals surface area contributed by atoms with Gasteiger partial charge >= 0.3 is 0 Å². The molecule has 7 heteroatoms. The Bertz CT molecular complexity index is 708. The molecule has 2 heterocycles. The molecule has 1 atom stereocenters. The fourth-order valence-electron chi connectivity index (χ4n) is 1.85. The van der Waals surface area contributed by atoms with Gasteiger partial charge in [0, 0.05) is 22.8 Å². The Morgan fingerprint density at radius 3 is 2.95 bits per heavy atom. The summed E-state index contributed by atoms with van der Waals surface area (Å²) in [6, 6.07) is 4.68. The minimum Gasteiger partial charge on any atom is -0.321 e. The number of aromatic nitrogens is 1. The van der Waals surface area contributed by atoms with Gasteiger partial charge < -0.3 is 9.87 Å². The van der Waals surface area contributed by atoms with Crippen LogP contribution < -0.4 is 5.32 Å². The van der Waals surface area contributed by atoms with Crippen LogP contribution in [0.2, 0.25) is 0 Å². The number of nitrogens with zero attached hydrogens (tertiary/aromatic N) is 1. The van der Waals surface area contributed by atoms with Gasteiger partial charge in [-0.2, -0.15) is 0 Å². The predicted octanol–water partition coefficient (Wildman–Crippen LogP) is 2.22. The highest BCUT2D eigenvalue weighted by Gasteiger charge is 2.25. The standard InChI is InChI=1S/C12H8N2O3S2/c15-12-9(6-11-13-3-4-18-11)8-5-7(19(16)17)1-2-10(8)14-12/h1-6H,(H,14,15)(H,16,17)/b9-6+. The number of fused-ring (bicyclic) bond motifs is 1. The van der Waals surface area contributed by atoms with Gasteiger partial charge in [0.05, 0.1) is 10.5 Å². The first-order valence-corrected chi connectivity index (χ1v) is 7.31. The van der Waals surface area contributed by atoms with Gasteiger partial charge in [0.1, 0.15) is 5.01 Å². The second-order valence-electron chi connectivity index (χ2n) is 3.84. The van der Waals surface area contributed by atoms with Crippen molar-refractivity contribution in [3.05, 3.63) is 40.3 Å². The lowest BCUT2D eigenvalue weighted by molar-refractivity contribution is -0.110. The van der Waals surface area contributed by atoms with Gasteiger partial charge in [-0.25, -0.2) is 9.19 Å². The van der Waals surface area contributed by atoms with E-state index in [1.54, 1.807) is 24.4 Å². The maximum Gasteiger partial charge on any atom is 0.256 e. The number of rotatable bonds is 2. The summed E-state index contributed by atoms with van der Waals surface area (Å²) in [5.41, 5.74) is 1.72. The third-order valence-corrected chi connectivity index (χ3v) is 4.07. The molecular weight excluding hydrogens is 284 g/mol. The Balaban J connectivity index is 2.12. The molecule has 0 saturated carbocycles. The van der Waals surface area contributed by atoms with Crippen LogP contribution in [0.5, 0.6) is 0 Å². The molecule has 1 aliphatic heterocycles. The Labute approximate surface area is 115 Å². The zero-order valence-electron chi connectivity index (χ0n) is 9.49. The van der Waals surface area contributed by atoms with Gasteiger partial charge in [-0.1, -0.05) is 0 Å². The monoisotopic (exact) mass is 292 g/mol. The van der Waals surface area contributed by atoms with E-state index in [4.69, 9.17) is 4.55 Å². The molecule has 1 aromatic heterocycles. The molecule has 96 valence electrons. The van der Waals surface area contributed by atoms with Crippen molar-refractivity contribution < 1.29 is 13.6 Å². The van der Waals surface area contributed by atoms with E-state index in [2.05, 4.69) is 10.3 Å². The van der Waals surface area contributed by atoms with Crippen LogP contribution in [-0.2, 0) is 15.9 Å². The molecule has 1 aromatic carbocycles. The van der Waals surface area contributed by atoms with E-state index >= 15 is 0 Å². The molecule has 0 aliphatic carbocycles. The fourth-order valence-corrected chi connectivity index (χ4v) is 2.82. The highest BCUT2D eigenvalue weighted by atomic mass is 32.2. The average Bonchev–Trinajstić information content (AvgIpc) is 2.98. The zero-order chi connectivity index (χ0) is 13.4. The highest BCUT2D eigenvalue weighted by molar-refractivity contribution is 7.79. The summed E-state index contributed by atoms with van der Waals surface area (Å²) in [4.78, 5) is 16.3. The third kappa shape index (κ3) is 2.23. The van der Waals surface area contributed by atoms with Gasteiger partial charge in [0.25, 0.3) is 5.91 Å². The quantitative estimate of drug-likeness (QED) is 0.657. The molecule has 0 bridgehead atoms. The van der Waals surface area contributed by atoms with Crippen LogP contribution >= 0.6 is 11.3 Å². The maximum absolute atomic E-state index is 11.9. The molecule has 1 unspecified atom stereocenters. The lowest BCUT2D eigenvalue weighted by atomic mass is 10.1. The first-order chi connectivity index (χ1) is 9.15. The normalized spacial score (nSPS) is 17.3. The van der Waals surface area contributed by atoms with Gasteiger partial charge in [-0.3, -0.25) is 4.79 Å². The Morgan fingerprint density at radius 2 is 2.26 bits per heavy atom. The zero-order valence-corrected chi connectivity index (χ0v) is 11.1.